The largest absolute Gasteiger partial charge is 2.00 e. The summed E-state index contributed by atoms with van der Waals surface area (Å²) in [6.07, 6.45) is 1.47. The standard InChI is InChI=1S/C9H5ClFNO.Fe/c10-6-4-7(11)9(13)8-5(6)2-1-3-12-8;/h1-4,13H;/q;+2/i11-1;. The van der Waals surface area contributed by atoms with Crippen LogP contribution in [0.2, 0.25) is 5.02 Å². The molecule has 1 N–H and O–H groups in total. The number of rotatable bonds is 0. The van der Waals surface area contributed by atoms with Crippen molar-refractivity contribution in [3.8, 4) is 5.75 Å². The second-order valence-electron chi connectivity index (χ2n) is 2.59. The van der Waals surface area contributed by atoms with E-state index in [2.05, 4.69) is 4.98 Å². The summed E-state index contributed by atoms with van der Waals surface area (Å²) in [4.78, 5) is 3.83. The molecule has 14 heavy (non-hydrogen) atoms. The van der Waals surface area contributed by atoms with Gasteiger partial charge in [0.15, 0.2) is 11.6 Å². The number of halogens is 2. The summed E-state index contributed by atoms with van der Waals surface area (Å²) in [5.41, 5.74) is 0.188. The Labute approximate surface area is 95.2 Å². The second kappa shape index (κ2) is 4.13. The molecule has 2 nitrogen and oxygen atoms in total. The number of phenolic OH excluding ortho intramolecular Hbond substituents is 1. The van der Waals surface area contributed by atoms with Gasteiger partial charge in [-0.1, -0.05) is 11.6 Å². The van der Waals surface area contributed by atoms with Crippen LogP contribution in [0.15, 0.2) is 24.4 Å². The first-order valence-corrected chi connectivity index (χ1v) is 3.99. The number of fused-ring (bicyclic) bond motifs is 1. The molecule has 0 spiro atoms. The summed E-state index contributed by atoms with van der Waals surface area (Å²) in [5.74, 6) is -1.21. The van der Waals surface area contributed by atoms with E-state index in [0.717, 1.165) is 6.07 Å². The number of pyridine rings is 1. The van der Waals surface area contributed by atoms with E-state index in [1.807, 2.05) is 0 Å². The van der Waals surface area contributed by atoms with E-state index < -0.39 is 11.6 Å². The minimum atomic E-state index is -0.754. The van der Waals surface area contributed by atoms with E-state index in [9.17, 15) is 9.50 Å². The molecule has 0 radical (unpaired) electrons. The van der Waals surface area contributed by atoms with Gasteiger partial charge in [0, 0.05) is 11.6 Å². The van der Waals surface area contributed by atoms with Gasteiger partial charge in [-0.2, -0.15) is 0 Å². The quantitative estimate of drug-likeness (QED) is 0.731. The van der Waals surface area contributed by atoms with Gasteiger partial charge in [0.05, 0.1) is 5.02 Å². The predicted octanol–water partition coefficient (Wildman–Crippen LogP) is 2.73. The third-order valence-corrected chi connectivity index (χ3v) is 2.08. The molecule has 0 saturated heterocycles. The number of benzene rings is 1. The Balaban J connectivity index is 0.000000980. The van der Waals surface area contributed by atoms with Crippen LogP contribution < -0.4 is 0 Å². The summed E-state index contributed by atoms with van der Waals surface area (Å²) in [6, 6.07) is 4.41. The molecule has 0 fully saturated rings. The van der Waals surface area contributed by atoms with E-state index in [-0.39, 0.29) is 27.6 Å². The van der Waals surface area contributed by atoms with Crippen LogP contribution in [-0.2, 0) is 17.1 Å². The van der Waals surface area contributed by atoms with E-state index in [1.165, 1.54) is 6.20 Å². The van der Waals surface area contributed by atoms with Gasteiger partial charge in [0.1, 0.15) is 5.52 Å². The minimum absolute atomic E-state index is 0. The molecule has 2 aromatic rings. The molecule has 0 unspecified atom stereocenters. The van der Waals surface area contributed by atoms with Gasteiger partial charge < -0.3 is 5.11 Å². The number of hydrogen-bond acceptors (Lipinski definition) is 2. The van der Waals surface area contributed by atoms with Crippen molar-refractivity contribution in [3.05, 3.63) is 35.2 Å². The molecule has 5 heteroatoms. The van der Waals surface area contributed by atoms with Crippen LogP contribution in [-0.4, -0.2) is 10.1 Å². The first-order valence-electron chi connectivity index (χ1n) is 3.62. The first kappa shape index (κ1) is 11.2. The molecule has 72 valence electrons. The Morgan fingerprint density at radius 2 is 2.14 bits per heavy atom. The zero-order chi connectivity index (χ0) is 9.42. The van der Waals surface area contributed by atoms with Gasteiger partial charge in [0.2, 0.25) is 0 Å². The number of hydrogen-bond donors (Lipinski definition) is 1. The zero-order valence-electron chi connectivity index (χ0n) is 6.81. The predicted molar refractivity (Wildman–Crippen MR) is 48.4 cm³/mol. The van der Waals surface area contributed by atoms with E-state index in [1.54, 1.807) is 12.1 Å². The molecule has 0 bridgehead atoms. The maximum atomic E-state index is 12.9. The maximum absolute atomic E-state index is 12.9. The van der Waals surface area contributed by atoms with Gasteiger partial charge in [0.25, 0.3) is 0 Å². The molecular weight excluding hydrogens is 247 g/mol. The van der Waals surface area contributed by atoms with E-state index >= 15 is 0 Å². The van der Waals surface area contributed by atoms with Crippen molar-refractivity contribution in [3.63, 3.8) is 0 Å². The Hall–Kier alpha value is -0.831. The Bertz CT molecular complexity index is 478. The van der Waals surface area contributed by atoms with Gasteiger partial charge in [-0.05, 0) is 18.2 Å². The van der Waals surface area contributed by atoms with Crippen molar-refractivity contribution in [2.75, 3.05) is 0 Å². The zero-order valence-corrected chi connectivity index (χ0v) is 8.67. The maximum Gasteiger partial charge on any atom is 2.00 e. The summed E-state index contributed by atoms with van der Waals surface area (Å²) in [5, 5.41) is 10.1. The van der Waals surface area contributed by atoms with Crippen LogP contribution in [0.4, 0.5) is 4.39 Å². The fourth-order valence-electron chi connectivity index (χ4n) is 1.16. The average Bonchev–Trinajstić information content (AvgIpc) is 2.15. The summed E-state index contributed by atoms with van der Waals surface area (Å²) in [6.45, 7) is 0. The fraction of sp³-hybridized carbons (Fsp3) is 0. The van der Waals surface area contributed by atoms with Crippen molar-refractivity contribution in [2.24, 2.45) is 0 Å². The third kappa shape index (κ3) is 1.69. The van der Waals surface area contributed by atoms with Crippen molar-refractivity contribution in [2.45, 2.75) is 0 Å². The van der Waals surface area contributed by atoms with Crippen molar-refractivity contribution >= 4 is 22.5 Å². The molecule has 0 amide bonds. The first-order chi connectivity index (χ1) is 6.20. The Morgan fingerprint density at radius 3 is 2.86 bits per heavy atom. The van der Waals surface area contributed by atoms with Crippen LogP contribution >= 0.6 is 11.6 Å². The second-order valence-corrected chi connectivity index (χ2v) is 3.00. The van der Waals surface area contributed by atoms with Gasteiger partial charge in [-0.3, -0.25) is 4.98 Å². The fourth-order valence-corrected chi connectivity index (χ4v) is 1.41. The Kier molecular flexibility index (Phi) is 3.32. The van der Waals surface area contributed by atoms with Gasteiger partial charge >= 0.3 is 17.1 Å². The molecule has 0 saturated carbocycles. The van der Waals surface area contributed by atoms with E-state index in [4.69, 9.17) is 11.6 Å². The number of nitrogens with zero attached hydrogens (tertiary/aromatic N) is 1. The minimum Gasteiger partial charge on any atom is -0.503 e. The normalized spacial score (nSPS) is 9.86. The number of phenols is 1. The molecule has 0 aliphatic carbocycles. The van der Waals surface area contributed by atoms with Crippen molar-refractivity contribution < 1.29 is 26.6 Å². The SMILES string of the molecule is Oc1c([18F])cc(Cl)c2cccnc12.[Fe+2]. The van der Waals surface area contributed by atoms with Gasteiger partial charge in [-0.15, -0.1) is 0 Å². The molecular formula is C9H5ClFFeNO+2. The topological polar surface area (TPSA) is 33.1 Å². The molecule has 0 atom stereocenters. The smallest absolute Gasteiger partial charge is 0.503 e. The van der Waals surface area contributed by atoms with Gasteiger partial charge in [-0.25, -0.2) is 4.39 Å². The molecule has 0 aliphatic heterocycles. The third-order valence-electron chi connectivity index (χ3n) is 1.77. The molecule has 0 aliphatic rings. The number of aromatic nitrogens is 1. The molecule has 1 heterocycles. The van der Waals surface area contributed by atoms with Crippen LogP contribution in [0, 0.1) is 5.82 Å². The molecule has 1 aromatic heterocycles. The summed E-state index contributed by atoms with van der Waals surface area (Å²) in [7, 11) is 0. The van der Waals surface area contributed by atoms with Crippen LogP contribution in [0.5, 0.6) is 5.75 Å². The van der Waals surface area contributed by atoms with Crippen molar-refractivity contribution in [1.82, 2.24) is 4.98 Å². The van der Waals surface area contributed by atoms with Crippen LogP contribution in [0.3, 0.4) is 0 Å². The number of aromatic hydroxyl groups is 1. The van der Waals surface area contributed by atoms with E-state index in [0.29, 0.717) is 5.39 Å². The Morgan fingerprint density at radius 1 is 1.43 bits per heavy atom. The summed E-state index contributed by atoms with van der Waals surface area (Å²) >= 11 is 5.74. The van der Waals surface area contributed by atoms with Crippen LogP contribution in [0.1, 0.15) is 0 Å². The molecule has 1 aromatic carbocycles. The summed E-state index contributed by atoms with van der Waals surface area (Å²) < 4.78 is 12.9. The molecule has 2 rings (SSSR count). The van der Waals surface area contributed by atoms with Crippen LogP contribution in [0.25, 0.3) is 10.9 Å². The monoisotopic (exact) mass is 252 g/mol. The van der Waals surface area contributed by atoms with Crippen molar-refractivity contribution in [1.29, 1.82) is 0 Å². The average molecular weight is 252 g/mol.